The fraction of sp³-hybridized carbons (Fsp3) is 0.348. The molecule has 1 fully saturated rings. The number of amides is 3. The molecule has 2 heterocycles. The SMILES string of the molecule is C#Cc1ccc(C(=O)NC(C)(CSC)C(=O)Nc2ccc(N3CCOCC3=O)c(C)c2)s1. The predicted molar refractivity (Wildman–Crippen MR) is 129 cm³/mol. The Kier molecular flexibility index (Phi) is 7.61. The first kappa shape index (κ1) is 23.9. The average Bonchev–Trinajstić information content (AvgIpc) is 3.24. The van der Waals surface area contributed by atoms with Crippen molar-refractivity contribution in [3.8, 4) is 12.3 Å². The number of benzene rings is 1. The van der Waals surface area contributed by atoms with Crippen LogP contribution in [0.2, 0.25) is 0 Å². The zero-order valence-corrected chi connectivity index (χ0v) is 19.8. The van der Waals surface area contributed by atoms with Crippen molar-refractivity contribution in [2.75, 3.05) is 42.0 Å². The van der Waals surface area contributed by atoms with Crippen molar-refractivity contribution in [2.24, 2.45) is 0 Å². The van der Waals surface area contributed by atoms with Crippen molar-refractivity contribution in [3.63, 3.8) is 0 Å². The first-order valence-electron chi connectivity index (χ1n) is 9.95. The van der Waals surface area contributed by atoms with Gasteiger partial charge < -0.3 is 20.3 Å². The van der Waals surface area contributed by atoms with Crippen LogP contribution in [-0.4, -0.2) is 55.0 Å². The summed E-state index contributed by atoms with van der Waals surface area (Å²) in [7, 11) is 0. The van der Waals surface area contributed by atoms with E-state index >= 15 is 0 Å². The molecule has 1 saturated heterocycles. The molecule has 0 spiro atoms. The Labute approximate surface area is 195 Å². The summed E-state index contributed by atoms with van der Waals surface area (Å²) < 4.78 is 5.19. The van der Waals surface area contributed by atoms with Crippen molar-refractivity contribution in [2.45, 2.75) is 19.4 Å². The Hall–Kier alpha value is -2.80. The number of hydrogen-bond donors (Lipinski definition) is 2. The maximum atomic E-state index is 13.2. The smallest absolute Gasteiger partial charge is 0.262 e. The van der Waals surface area contributed by atoms with Crippen molar-refractivity contribution in [3.05, 3.63) is 45.6 Å². The molecule has 0 bridgehead atoms. The van der Waals surface area contributed by atoms with Crippen LogP contribution in [0.5, 0.6) is 0 Å². The molecular weight excluding hydrogens is 446 g/mol. The van der Waals surface area contributed by atoms with E-state index in [2.05, 4.69) is 16.6 Å². The van der Waals surface area contributed by atoms with Crippen LogP contribution < -0.4 is 15.5 Å². The molecule has 0 saturated carbocycles. The topological polar surface area (TPSA) is 87.7 Å². The number of carbonyl (C=O) groups excluding carboxylic acids is 3. The molecular formula is C23H25N3O4S2. The molecule has 0 aliphatic carbocycles. The van der Waals surface area contributed by atoms with Gasteiger partial charge in [-0.05, 0) is 56.0 Å². The van der Waals surface area contributed by atoms with Gasteiger partial charge in [-0.1, -0.05) is 5.92 Å². The number of morpholine rings is 1. The fourth-order valence-electron chi connectivity index (χ4n) is 3.37. The maximum absolute atomic E-state index is 13.2. The molecule has 9 heteroatoms. The molecule has 0 radical (unpaired) electrons. The number of carbonyl (C=O) groups is 3. The van der Waals surface area contributed by atoms with Gasteiger partial charge in [0.05, 0.1) is 16.4 Å². The molecule has 3 amide bonds. The van der Waals surface area contributed by atoms with Gasteiger partial charge in [0, 0.05) is 23.7 Å². The maximum Gasteiger partial charge on any atom is 0.262 e. The monoisotopic (exact) mass is 471 g/mol. The second-order valence-corrected chi connectivity index (χ2v) is 9.53. The molecule has 7 nitrogen and oxygen atoms in total. The largest absolute Gasteiger partial charge is 0.370 e. The lowest BCUT2D eigenvalue weighted by Crippen LogP contribution is -2.56. The molecule has 1 unspecified atom stereocenters. The lowest BCUT2D eigenvalue weighted by molar-refractivity contribution is -0.125. The summed E-state index contributed by atoms with van der Waals surface area (Å²) in [6.07, 6.45) is 7.26. The fourth-order valence-corrected chi connectivity index (χ4v) is 4.87. The highest BCUT2D eigenvalue weighted by molar-refractivity contribution is 7.98. The number of hydrogen-bond acceptors (Lipinski definition) is 6. The lowest BCUT2D eigenvalue weighted by Gasteiger charge is -2.30. The van der Waals surface area contributed by atoms with Gasteiger partial charge in [-0.2, -0.15) is 11.8 Å². The molecule has 168 valence electrons. The van der Waals surface area contributed by atoms with Crippen LogP contribution >= 0.6 is 23.1 Å². The first-order valence-corrected chi connectivity index (χ1v) is 12.2. The summed E-state index contributed by atoms with van der Waals surface area (Å²) in [4.78, 5) is 40.8. The molecule has 2 N–H and O–H groups in total. The van der Waals surface area contributed by atoms with Crippen molar-refractivity contribution in [1.29, 1.82) is 0 Å². The van der Waals surface area contributed by atoms with Gasteiger partial charge in [0.1, 0.15) is 12.1 Å². The van der Waals surface area contributed by atoms with E-state index in [-0.39, 0.29) is 24.3 Å². The number of terminal acetylenes is 1. The van der Waals surface area contributed by atoms with E-state index in [1.807, 2.05) is 25.3 Å². The quantitative estimate of drug-likeness (QED) is 0.607. The number of ether oxygens (including phenoxy) is 1. The number of nitrogens with zero attached hydrogens (tertiary/aromatic N) is 1. The summed E-state index contributed by atoms with van der Waals surface area (Å²) >= 11 is 2.66. The van der Waals surface area contributed by atoms with Gasteiger partial charge in [-0.3, -0.25) is 14.4 Å². The van der Waals surface area contributed by atoms with Crippen molar-refractivity contribution >= 4 is 52.2 Å². The predicted octanol–water partition coefficient (Wildman–Crippen LogP) is 2.89. The van der Waals surface area contributed by atoms with E-state index < -0.39 is 5.54 Å². The van der Waals surface area contributed by atoms with Crippen LogP contribution in [-0.2, 0) is 14.3 Å². The van der Waals surface area contributed by atoms with E-state index in [1.165, 1.54) is 23.1 Å². The Morgan fingerprint density at radius 2 is 2.12 bits per heavy atom. The van der Waals surface area contributed by atoms with Gasteiger partial charge in [0.2, 0.25) is 0 Å². The average molecular weight is 472 g/mol. The second-order valence-electron chi connectivity index (χ2n) is 7.58. The number of nitrogens with one attached hydrogen (secondary N) is 2. The van der Waals surface area contributed by atoms with Crippen LogP contribution in [0.4, 0.5) is 11.4 Å². The zero-order valence-electron chi connectivity index (χ0n) is 18.2. The highest BCUT2D eigenvalue weighted by Crippen LogP contribution is 2.26. The number of aryl methyl sites for hydroxylation is 1. The molecule has 1 aliphatic rings. The molecule has 1 aromatic carbocycles. The minimum atomic E-state index is -1.14. The Morgan fingerprint density at radius 1 is 1.34 bits per heavy atom. The van der Waals surface area contributed by atoms with Crippen molar-refractivity contribution in [1.82, 2.24) is 5.32 Å². The molecule has 1 atom stereocenters. The number of anilines is 2. The summed E-state index contributed by atoms with van der Waals surface area (Å²) in [5.41, 5.74) is 1.10. The van der Waals surface area contributed by atoms with E-state index in [0.29, 0.717) is 34.3 Å². The summed E-state index contributed by atoms with van der Waals surface area (Å²) in [5, 5.41) is 5.75. The highest BCUT2D eigenvalue weighted by atomic mass is 32.2. The van der Waals surface area contributed by atoms with Crippen LogP contribution in [0, 0.1) is 19.3 Å². The van der Waals surface area contributed by atoms with Gasteiger partial charge in [0.15, 0.2) is 0 Å². The molecule has 1 aliphatic heterocycles. The Bertz CT molecular complexity index is 1080. The second kappa shape index (κ2) is 10.2. The normalized spacial score (nSPS) is 15.6. The van der Waals surface area contributed by atoms with Crippen LogP contribution in [0.15, 0.2) is 30.3 Å². The summed E-state index contributed by atoms with van der Waals surface area (Å²) in [6.45, 7) is 4.63. The molecule has 1 aromatic heterocycles. The molecule has 32 heavy (non-hydrogen) atoms. The lowest BCUT2D eigenvalue weighted by atomic mass is 10.0. The standard InChI is InChI=1S/C23H25N3O4S2/c1-5-17-7-9-19(32-17)21(28)25-23(3,14-31-4)22(29)24-16-6-8-18(15(2)12-16)26-10-11-30-13-20(26)27/h1,6-9,12H,10-11,13-14H2,2-4H3,(H,24,29)(H,25,28). The molecule has 3 rings (SSSR count). The third-order valence-electron chi connectivity index (χ3n) is 5.03. The van der Waals surface area contributed by atoms with E-state index in [0.717, 1.165) is 11.3 Å². The summed E-state index contributed by atoms with van der Waals surface area (Å²) in [6, 6.07) is 8.74. The number of thiophene rings is 1. The Balaban J connectivity index is 1.75. The van der Waals surface area contributed by atoms with Crippen LogP contribution in [0.25, 0.3) is 0 Å². The minimum absolute atomic E-state index is 0.0672. The van der Waals surface area contributed by atoms with Crippen molar-refractivity contribution < 1.29 is 19.1 Å². The third-order valence-corrected chi connectivity index (χ3v) is 6.91. The van der Waals surface area contributed by atoms with Crippen LogP contribution in [0.1, 0.15) is 27.0 Å². The summed E-state index contributed by atoms with van der Waals surface area (Å²) in [5.74, 6) is 2.13. The van der Waals surface area contributed by atoms with Gasteiger partial charge in [-0.25, -0.2) is 0 Å². The van der Waals surface area contributed by atoms with E-state index in [1.54, 1.807) is 30.0 Å². The first-order chi connectivity index (χ1) is 15.3. The van der Waals surface area contributed by atoms with Crippen LogP contribution in [0.3, 0.4) is 0 Å². The zero-order chi connectivity index (χ0) is 23.3. The van der Waals surface area contributed by atoms with Gasteiger partial charge in [0.25, 0.3) is 17.7 Å². The highest BCUT2D eigenvalue weighted by Gasteiger charge is 2.35. The van der Waals surface area contributed by atoms with Gasteiger partial charge >= 0.3 is 0 Å². The minimum Gasteiger partial charge on any atom is -0.370 e. The Morgan fingerprint density at radius 3 is 2.75 bits per heavy atom. The third kappa shape index (κ3) is 5.33. The number of thioether (sulfide) groups is 1. The number of rotatable bonds is 7. The molecule has 2 aromatic rings. The van der Waals surface area contributed by atoms with Gasteiger partial charge in [-0.15, -0.1) is 17.8 Å². The van der Waals surface area contributed by atoms with E-state index in [4.69, 9.17) is 11.2 Å². The van der Waals surface area contributed by atoms with E-state index in [9.17, 15) is 14.4 Å².